The number of rotatable bonds is 3. The molecule has 1 aromatic rings. The van der Waals surface area contributed by atoms with Gasteiger partial charge in [0.25, 0.3) is 0 Å². The van der Waals surface area contributed by atoms with E-state index in [1.54, 1.807) is 0 Å². The highest BCUT2D eigenvalue weighted by atomic mass is 19.1. The molecule has 1 unspecified atom stereocenters. The molecular weight excluding hydrogens is 194 g/mol. The lowest BCUT2D eigenvalue weighted by molar-refractivity contribution is 0.0925. The second kappa shape index (κ2) is 4.34. The molecule has 3 nitrogen and oxygen atoms in total. The van der Waals surface area contributed by atoms with Crippen molar-refractivity contribution in [2.45, 2.75) is 6.10 Å². The Labute approximate surface area is 79.6 Å². The lowest BCUT2D eigenvalue weighted by Crippen LogP contribution is -2.06. The van der Waals surface area contributed by atoms with Crippen LogP contribution in [-0.4, -0.2) is 23.9 Å². The highest BCUT2D eigenvalue weighted by Gasteiger charge is 2.17. The normalized spacial score (nSPS) is 12.6. The fourth-order valence-corrected chi connectivity index (χ4v) is 1.14. The summed E-state index contributed by atoms with van der Waals surface area (Å²) in [6.07, 6.45) is -1.35. The molecule has 1 rings (SSSR count). The van der Waals surface area contributed by atoms with Gasteiger partial charge in [-0.15, -0.1) is 0 Å². The van der Waals surface area contributed by atoms with E-state index in [1.807, 2.05) is 0 Å². The van der Waals surface area contributed by atoms with Crippen molar-refractivity contribution in [3.05, 3.63) is 29.3 Å². The predicted molar refractivity (Wildman–Crippen MR) is 45.0 cm³/mol. The third-order valence-corrected chi connectivity index (χ3v) is 1.77. The minimum atomic E-state index is -1.35. The van der Waals surface area contributed by atoms with Gasteiger partial charge in [0.2, 0.25) is 0 Å². The van der Waals surface area contributed by atoms with E-state index in [0.29, 0.717) is 6.07 Å². The van der Waals surface area contributed by atoms with Crippen LogP contribution in [0.2, 0.25) is 0 Å². The van der Waals surface area contributed by atoms with E-state index in [4.69, 9.17) is 5.11 Å². The highest BCUT2D eigenvalue weighted by Crippen LogP contribution is 2.28. The summed E-state index contributed by atoms with van der Waals surface area (Å²) in [5, 5.41) is 17.9. The minimum absolute atomic E-state index is 0.104. The third-order valence-electron chi connectivity index (χ3n) is 1.77. The standard InChI is InChI=1S/C9H10F2O3/c1-14-9-6(8(13)4-12)2-5(10)3-7(9)11/h2-3,8,12-13H,4H2,1H3. The zero-order valence-electron chi connectivity index (χ0n) is 7.50. The fourth-order valence-electron chi connectivity index (χ4n) is 1.14. The summed E-state index contributed by atoms with van der Waals surface area (Å²) >= 11 is 0. The molecule has 14 heavy (non-hydrogen) atoms. The third kappa shape index (κ3) is 2.00. The summed E-state index contributed by atoms with van der Waals surface area (Å²) in [6.45, 7) is -0.626. The van der Waals surface area contributed by atoms with Crippen LogP contribution in [-0.2, 0) is 0 Å². The molecule has 0 saturated heterocycles. The predicted octanol–water partition coefficient (Wildman–Crippen LogP) is 0.999. The Morgan fingerprint density at radius 1 is 1.43 bits per heavy atom. The van der Waals surface area contributed by atoms with Crippen molar-refractivity contribution >= 4 is 0 Å². The van der Waals surface area contributed by atoms with Gasteiger partial charge in [0.1, 0.15) is 11.9 Å². The van der Waals surface area contributed by atoms with Crippen molar-refractivity contribution < 1.29 is 23.7 Å². The van der Waals surface area contributed by atoms with E-state index < -0.39 is 24.3 Å². The van der Waals surface area contributed by atoms with E-state index >= 15 is 0 Å². The van der Waals surface area contributed by atoms with Crippen LogP contribution >= 0.6 is 0 Å². The number of aliphatic hydroxyl groups excluding tert-OH is 2. The molecule has 0 radical (unpaired) electrons. The molecule has 1 atom stereocenters. The monoisotopic (exact) mass is 204 g/mol. The quantitative estimate of drug-likeness (QED) is 0.772. The smallest absolute Gasteiger partial charge is 0.168 e. The Kier molecular flexibility index (Phi) is 3.38. The molecule has 0 amide bonds. The molecule has 0 spiro atoms. The maximum atomic E-state index is 13.1. The molecule has 78 valence electrons. The van der Waals surface area contributed by atoms with Gasteiger partial charge in [-0.2, -0.15) is 0 Å². The lowest BCUT2D eigenvalue weighted by atomic mass is 10.1. The molecule has 0 fully saturated rings. The average Bonchev–Trinajstić information content (AvgIpc) is 2.15. The van der Waals surface area contributed by atoms with Crippen LogP contribution < -0.4 is 4.74 Å². The average molecular weight is 204 g/mol. The van der Waals surface area contributed by atoms with Gasteiger partial charge in [-0.25, -0.2) is 8.78 Å². The molecule has 5 heteroatoms. The molecule has 0 heterocycles. The maximum Gasteiger partial charge on any atom is 0.168 e. The van der Waals surface area contributed by atoms with Crippen LogP contribution in [0.15, 0.2) is 12.1 Å². The van der Waals surface area contributed by atoms with Gasteiger partial charge in [-0.05, 0) is 6.07 Å². The molecule has 2 N–H and O–H groups in total. The largest absolute Gasteiger partial charge is 0.493 e. The van der Waals surface area contributed by atoms with E-state index in [1.165, 1.54) is 7.11 Å². The van der Waals surface area contributed by atoms with Gasteiger partial charge < -0.3 is 14.9 Å². The SMILES string of the molecule is COc1c(F)cc(F)cc1C(O)CO. The van der Waals surface area contributed by atoms with Crippen molar-refractivity contribution in [1.29, 1.82) is 0 Å². The van der Waals surface area contributed by atoms with Crippen LogP contribution in [0, 0.1) is 11.6 Å². The van der Waals surface area contributed by atoms with Crippen molar-refractivity contribution in [1.82, 2.24) is 0 Å². The van der Waals surface area contributed by atoms with Gasteiger partial charge in [0.15, 0.2) is 11.6 Å². The Morgan fingerprint density at radius 2 is 2.07 bits per heavy atom. The zero-order valence-corrected chi connectivity index (χ0v) is 7.50. The van der Waals surface area contributed by atoms with Gasteiger partial charge in [0.05, 0.1) is 13.7 Å². The summed E-state index contributed by atoms with van der Waals surface area (Å²) < 4.78 is 30.4. The molecule has 0 aromatic heterocycles. The highest BCUT2D eigenvalue weighted by molar-refractivity contribution is 5.37. The zero-order chi connectivity index (χ0) is 10.7. The van der Waals surface area contributed by atoms with E-state index in [-0.39, 0.29) is 11.3 Å². The van der Waals surface area contributed by atoms with Crippen LogP contribution in [0.25, 0.3) is 0 Å². The lowest BCUT2D eigenvalue weighted by Gasteiger charge is -2.13. The van der Waals surface area contributed by atoms with Crippen molar-refractivity contribution in [2.24, 2.45) is 0 Å². The van der Waals surface area contributed by atoms with E-state index in [9.17, 15) is 13.9 Å². The van der Waals surface area contributed by atoms with E-state index in [2.05, 4.69) is 4.74 Å². The van der Waals surface area contributed by atoms with Gasteiger partial charge in [-0.3, -0.25) is 0 Å². The van der Waals surface area contributed by atoms with Gasteiger partial charge in [0, 0.05) is 11.6 Å². The maximum absolute atomic E-state index is 13.1. The Morgan fingerprint density at radius 3 is 2.57 bits per heavy atom. The molecule has 0 aliphatic carbocycles. The molecular formula is C9H10F2O3. The van der Waals surface area contributed by atoms with Crippen LogP contribution in [0.1, 0.15) is 11.7 Å². The summed E-state index contributed by atoms with van der Waals surface area (Å²) in [7, 11) is 1.20. The first-order valence-corrected chi connectivity index (χ1v) is 3.92. The topological polar surface area (TPSA) is 49.7 Å². The number of aliphatic hydroxyl groups is 2. The number of methoxy groups -OCH3 is 1. The van der Waals surface area contributed by atoms with Crippen molar-refractivity contribution in [3.63, 3.8) is 0 Å². The van der Waals surface area contributed by atoms with Crippen LogP contribution in [0.5, 0.6) is 5.75 Å². The Hall–Kier alpha value is -1.20. The molecule has 0 aliphatic heterocycles. The van der Waals surface area contributed by atoms with E-state index in [0.717, 1.165) is 6.07 Å². The Balaban J connectivity index is 3.24. The first-order chi connectivity index (χ1) is 6.60. The van der Waals surface area contributed by atoms with Crippen LogP contribution in [0.3, 0.4) is 0 Å². The Bertz CT molecular complexity index is 328. The summed E-state index contributed by atoms with van der Waals surface area (Å²) in [5.41, 5.74) is -0.104. The first kappa shape index (κ1) is 10.9. The molecule has 0 aliphatic rings. The number of benzene rings is 1. The number of halogens is 2. The fraction of sp³-hybridized carbons (Fsp3) is 0.333. The first-order valence-electron chi connectivity index (χ1n) is 3.92. The molecule has 0 saturated carbocycles. The molecule has 0 bridgehead atoms. The number of ether oxygens (including phenoxy) is 1. The summed E-state index contributed by atoms with van der Waals surface area (Å²) in [6, 6.07) is 1.56. The van der Waals surface area contributed by atoms with Crippen molar-refractivity contribution in [2.75, 3.05) is 13.7 Å². The van der Waals surface area contributed by atoms with Gasteiger partial charge in [-0.1, -0.05) is 0 Å². The van der Waals surface area contributed by atoms with Gasteiger partial charge >= 0.3 is 0 Å². The molecule has 1 aromatic carbocycles. The second-order valence-corrected chi connectivity index (χ2v) is 2.71. The number of hydrogen-bond donors (Lipinski definition) is 2. The second-order valence-electron chi connectivity index (χ2n) is 2.71. The minimum Gasteiger partial charge on any atom is -0.493 e. The summed E-state index contributed by atoms with van der Waals surface area (Å²) in [5.74, 6) is -1.99. The van der Waals surface area contributed by atoms with Crippen molar-refractivity contribution in [3.8, 4) is 5.75 Å². The number of hydrogen-bond acceptors (Lipinski definition) is 3. The summed E-state index contributed by atoms with van der Waals surface area (Å²) in [4.78, 5) is 0. The van der Waals surface area contributed by atoms with Crippen LogP contribution in [0.4, 0.5) is 8.78 Å².